The van der Waals surface area contributed by atoms with Crippen LogP contribution in [0, 0.1) is 0 Å². The molecule has 8 heteroatoms. The van der Waals surface area contributed by atoms with E-state index in [0.29, 0.717) is 58.3 Å². The van der Waals surface area contributed by atoms with Gasteiger partial charge in [0.05, 0.1) is 78.8 Å². The minimum Gasteiger partial charge on any atom is -0.394 e. The van der Waals surface area contributed by atoms with Gasteiger partial charge in [0.2, 0.25) is 0 Å². The van der Waals surface area contributed by atoms with E-state index >= 15 is 0 Å². The van der Waals surface area contributed by atoms with Crippen molar-refractivity contribution >= 4 is 0 Å². The van der Waals surface area contributed by atoms with E-state index in [1.165, 1.54) is 0 Å². The molecule has 3 unspecified atom stereocenters. The average Bonchev–Trinajstić information content (AvgIpc) is 3.49. The Kier molecular flexibility index (Phi) is 13.6. The van der Waals surface area contributed by atoms with Gasteiger partial charge < -0.3 is 38.6 Å². The number of epoxide rings is 2. The predicted molar refractivity (Wildman–Crippen MR) is 86.1 cm³/mol. The fourth-order valence-corrected chi connectivity index (χ4v) is 1.50. The molecule has 8 nitrogen and oxygen atoms in total. The van der Waals surface area contributed by atoms with Crippen molar-refractivity contribution in [3.63, 3.8) is 0 Å². The first-order chi connectivity index (χ1) is 11.8. The topological polar surface area (TPSA) is 102 Å². The molecule has 0 aromatic heterocycles. The van der Waals surface area contributed by atoms with Gasteiger partial charge in [-0.2, -0.15) is 0 Å². The van der Waals surface area contributed by atoms with Crippen molar-refractivity contribution in [1.82, 2.24) is 0 Å². The lowest BCUT2D eigenvalue weighted by atomic mass is 10.3. The van der Waals surface area contributed by atoms with Gasteiger partial charge in [-0.1, -0.05) is 6.92 Å². The molecule has 0 spiro atoms. The van der Waals surface area contributed by atoms with Crippen LogP contribution in [0.25, 0.3) is 0 Å². The summed E-state index contributed by atoms with van der Waals surface area (Å²) in [4.78, 5) is 0. The molecule has 0 amide bonds. The van der Waals surface area contributed by atoms with Crippen molar-refractivity contribution in [2.24, 2.45) is 0 Å². The molecule has 0 saturated carbocycles. The van der Waals surface area contributed by atoms with E-state index in [2.05, 4.69) is 0 Å². The average molecular weight is 352 g/mol. The minimum absolute atomic E-state index is 0.0397. The first kappa shape index (κ1) is 21.7. The number of hydrogen-bond donors (Lipinski definition) is 2. The summed E-state index contributed by atoms with van der Waals surface area (Å²) in [5.41, 5.74) is 0. The lowest BCUT2D eigenvalue weighted by molar-refractivity contribution is -0.0130. The van der Waals surface area contributed by atoms with E-state index in [1.807, 2.05) is 6.92 Å². The summed E-state index contributed by atoms with van der Waals surface area (Å²) >= 11 is 0. The summed E-state index contributed by atoms with van der Waals surface area (Å²) in [5.74, 6) is 0. The Morgan fingerprint density at radius 1 is 0.875 bits per heavy atom. The van der Waals surface area contributed by atoms with E-state index in [4.69, 9.17) is 38.6 Å². The maximum Gasteiger partial charge on any atom is 0.104 e. The quantitative estimate of drug-likeness (QED) is 0.303. The van der Waals surface area contributed by atoms with E-state index in [9.17, 15) is 0 Å². The van der Waals surface area contributed by atoms with Gasteiger partial charge in [-0.3, -0.25) is 0 Å². The fourth-order valence-electron chi connectivity index (χ4n) is 1.50. The van der Waals surface area contributed by atoms with Crippen molar-refractivity contribution in [3.05, 3.63) is 0 Å². The van der Waals surface area contributed by atoms with Gasteiger partial charge >= 0.3 is 0 Å². The van der Waals surface area contributed by atoms with Crippen LogP contribution in [0.1, 0.15) is 13.3 Å². The maximum atomic E-state index is 9.15. The van der Waals surface area contributed by atoms with Crippen molar-refractivity contribution in [3.8, 4) is 0 Å². The van der Waals surface area contributed by atoms with Crippen LogP contribution in [-0.4, -0.2) is 101 Å². The molecule has 2 rings (SSSR count). The Morgan fingerprint density at radius 3 is 1.83 bits per heavy atom. The smallest absolute Gasteiger partial charge is 0.104 e. The van der Waals surface area contributed by atoms with Gasteiger partial charge in [-0.25, -0.2) is 0 Å². The Labute approximate surface area is 143 Å². The molecule has 3 atom stereocenters. The first-order valence-corrected chi connectivity index (χ1v) is 8.59. The van der Waals surface area contributed by atoms with Crippen molar-refractivity contribution in [2.75, 3.05) is 72.7 Å². The third kappa shape index (κ3) is 15.2. The minimum atomic E-state index is -0.377. The zero-order chi connectivity index (χ0) is 17.5. The lowest BCUT2D eigenvalue weighted by Crippen LogP contribution is -2.17. The third-order valence-corrected chi connectivity index (χ3v) is 3.17. The van der Waals surface area contributed by atoms with Gasteiger partial charge in [-0.15, -0.1) is 0 Å². The van der Waals surface area contributed by atoms with E-state index in [0.717, 1.165) is 26.4 Å². The van der Waals surface area contributed by atoms with E-state index in [1.54, 1.807) is 0 Å². The highest BCUT2D eigenvalue weighted by Gasteiger charge is 2.26. The summed E-state index contributed by atoms with van der Waals surface area (Å²) in [5, 5.41) is 17.6. The largest absolute Gasteiger partial charge is 0.394 e. The van der Waals surface area contributed by atoms with Crippen LogP contribution in [0.4, 0.5) is 0 Å². The highest BCUT2D eigenvalue weighted by atomic mass is 16.6. The molecule has 0 aromatic carbocycles. The van der Waals surface area contributed by atoms with Gasteiger partial charge in [0.15, 0.2) is 0 Å². The van der Waals surface area contributed by atoms with E-state index in [-0.39, 0.29) is 12.7 Å². The van der Waals surface area contributed by atoms with Crippen molar-refractivity contribution < 1.29 is 38.6 Å². The molecule has 2 N–H and O–H groups in total. The standard InChI is InChI=1S/C10H22O5.C6H10O3/c1-2-10(12)9-15-8-7-14-6-5-13-4-3-11;1(5-3-8-5)7-2-6-4-9-6/h10-12H,2-9H2,1H3;5-6H,1-4H2. The lowest BCUT2D eigenvalue weighted by Gasteiger charge is -2.09. The van der Waals surface area contributed by atoms with Gasteiger partial charge in [0, 0.05) is 0 Å². The highest BCUT2D eigenvalue weighted by Crippen LogP contribution is 2.12. The third-order valence-electron chi connectivity index (χ3n) is 3.17. The molecule has 0 bridgehead atoms. The zero-order valence-corrected chi connectivity index (χ0v) is 14.6. The van der Waals surface area contributed by atoms with E-state index < -0.39 is 0 Å². The molecule has 2 aliphatic heterocycles. The molecule has 2 saturated heterocycles. The highest BCUT2D eigenvalue weighted by molar-refractivity contribution is 4.71. The van der Waals surface area contributed by atoms with Gasteiger partial charge in [0.1, 0.15) is 12.2 Å². The number of aliphatic hydroxyl groups excluding tert-OH is 2. The molecule has 2 fully saturated rings. The van der Waals surface area contributed by atoms with Crippen molar-refractivity contribution in [2.45, 2.75) is 31.7 Å². The monoisotopic (exact) mass is 352 g/mol. The predicted octanol–water partition coefficient (Wildman–Crippen LogP) is -0.400. The van der Waals surface area contributed by atoms with Gasteiger partial charge in [-0.05, 0) is 6.42 Å². The molecular formula is C16H32O8. The molecule has 24 heavy (non-hydrogen) atoms. The summed E-state index contributed by atoms with van der Waals surface area (Å²) in [6, 6.07) is 0. The molecule has 2 aliphatic rings. The molecule has 0 aliphatic carbocycles. The van der Waals surface area contributed by atoms with Crippen LogP contribution >= 0.6 is 0 Å². The Morgan fingerprint density at radius 2 is 1.38 bits per heavy atom. The zero-order valence-electron chi connectivity index (χ0n) is 14.6. The normalized spacial score (nSPS) is 22.6. The summed E-state index contributed by atoms with van der Waals surface area (Å²) < 4.78 is 30.5. The molecule has 2 heterocycles. The second kappa shape index (κ2) is 15.0. The number of ether oxygens (including phenoxy) is 6. The van der Waals surface area contributed by atoms with Crippen LogP contribution in [0.5, 0.6) is 0 Å². The Balaban J connectivity index is 0.000000267. The van der Waals surface area contributed by atoms with Crippen LogP contribution in [0.2, 0.25) is 0 Å². The molecule has 0 aromatic rings. The number of hydrogen-bond acceptors (Lipinski definition) is 8. The summed E-state index contributed by atoms with van der Waals surface area (Å²) in [7, 11) is 0. The number of aliphatic hydroxyl groups is 2. The van der Waals surface area contributed by atoms with Crippen LogP contribution in [0.3, 0.4) is 0 Å². The molecular weight excluding hydrogens is 320 g/mol. The molecule has 144 valence electrons. The fraction of sp³-hybridized carbons (Fsp3) is 1.00. The molecule has 0 radical (unpaired) electrons. The first-order valence-electron chi connectivity index (χ1n) is 8.59. The summed E-state index contributed by atoms with van der Waals surface area (Å²) in [6.45, 7) is 7.88. The number of rotatable bonds is 15. The van der Waals surface area contributed by atoms with Gasteiger partial charge in [0.25, 0.3) is 0 Å². The van der Waals surface area contributed by atoms with Crippen LogP contribution in [-0.2, 0) is 28.4 Å². The van der Waals surface area contributed by atoms with Crippen LogP contribution < -0.4 is 0 Å². The van der Waals surface area contributed by atoms with Crippen LogP contribution in [0.15, 0.2) is 0 Å². The Hall–Kier alpha value is -0.320. The second-order valence-corrected chi connectivity index (χ2v) is 5.53. The second-order valence-electron chi connectivity index (χ2n) is 5.53. The Bertz CT molecular complexity index is 259. The SMILES string of the molecule is C(OCC1CO1)C1CO1.CCC(O)COCCOCCOCCO. The maximum absolute atomic E-state index is 9.15. The van der Waals surface area contributed by atoms with Crippen molar-refractivity contribution in [1.29, 1.82) is 0 Å². The summed E-state index contributed by atoms with van der Waals surface area (Å²) in [6.07, 6.45) is 1.11.